The maximum Gasteiger partial charge on any atom is 0.267 e. The standard InChI is InChI=1S/C14H4Br5NO2/c15-5-1-3-6(4-2-5)20-13(21)7-8(14(20)22)10(17)12(19)11(18)9(7)16/h1-4H. The van der Waals surface area contributed by atoms with Gasteiger partial charge in [-0.15, -0.1) is 0 Å². The number of amides is 2. The van der Waals surface area contributed by atoms with Crippen LogP contribution in [0, 0.1) is 0 Å². The predicted octanol–water partition coefficient (Wildman–Crippen LogP) is 6.30. The van der Waals surface area contributed by atoms with Gasteiger partial charge in [0.1, 0.15) is 0 Å². The third-order valence-corrected chi connectivity index (χ3v) is 8.48. The molecule has 1 aliphatic heterocycles. The van der Waals surface area contributed by atoms with Gasteiger partial charge in [-0.25, -0.2) is 4.90 Å². The molecule has 2 amide bonds. The van der Waals surface area contributed by atoms with Crippen molar-refractivity contribution in [2.75, 3.05) is 4.90 Å². The Morgan fingerprint density at radius 2 is 1.05 bits per heavy atom. The van der Waals surface area contributed by atoms with Gasteiger partial charge in [0, 0.05) is 22.4 Å². The van der Waals surface area contributed by atoms with E-state index < -0.39 is 0 Å². The summed E-state index contributed by atoms with van der Waals surface area (Å²) in [5.74, 6) is -0.716. The van der Waals surface area contributed by atoms with E-state index >= 15 is 0 Å². The summed E-state index contributed by atoms with van der Waals surface area (Å²) in [5.41, 5.74) is 1.21. The Morgan fingerprint density at radius 1 is 0.636 bits per heavy atom. The molecule has 112 valence electrons. The Kier molecular flexibility index (Phi) is 4.68. The summed E-state index contributed by atoms with van der Waals surface area (Å²) in [6.45, 7) is 0. The minimum Gasteiger partial charge on any atom is -0.268 e. The molecule has 0 saturated carbocycles. The number of carbonyl (C=O) groups excluding carboxylic acids is 2. The highest BCUT2D eigenvalue weighted by atomic mass is 79.9. The fourth-order valence-corrected chi connectivity index (χ4v) is 4.90. The lowest BCUT2D eigenvalue weighted by Gasteiger charge is -2.13. The Labute approximate surface area is 168 Å². The minimum absolute atomic E-state index is 0.342. The quantitative estimate of drug-likeness (QED) is 0.214. The van der Waals surface area contributed by atoms with Crippen LogP contribution in [0.5, 0.6) is 0 Å². The highest BCUT2D eigenvalue weighted by molar-refractivity contribution is 9.15. The molecule has 0 radical (unpaired) electrons. The zero-order valence-electron chi connectivity index (χ0n) is 10.5. The van der Waals surface area contributed by atoms with Crippen LogP contribution < -0.4 is 4.90 Å². The van der Waals surface area contributed by atoms with E-state index in [1.165, 1.54) is 4.90 Å². The fraction of sp³-hybridized carbons (Fsp3) is 0. The molecule has 0 aromatic heterocycles. The highest BCUT2D eigenvalue weighted by Gasteiger charge is 2.41. The van der Waals surface area contributed by atoms with Gasteiger partial charge in [-0.2, -0.15) is 0 Å². The summed E-state index contributed by atoms with van der Waals surface area (Å²) in [5, 5.41) is 0. The van der Waals surface area contributed by atoms with E-state index in [2.05, 4.69) is 79.6 Å². The number of carbonyl (C=O) groups is 2. The van der Waals surface area contributed by atoms with E-state index in [0.29, 0.717) is 34.7 Å². The van der Waals surface area contributed by atoms with Crippen LogP contribution in [-0.4, -0.2) is 11.8 Å². The molecule has 2 aromatic rings. The van der Waals surface area contributed by atoms with E-state index in [-0.39, 0.29) is 11.8 Å². The SMILES string of the molecule is O=C1c2c(Br)c(Br)c(Br)c(Br)c2C(=O)N1c1ccc(Br)cc1. The van der Waals surface area contributed by atoms with E-state index in [9.17, 15) is 9.59 Å². The van der Waals surface area contributed by atoms with Gasteiger partial charge in [-0.05, 0) is 88.0 Å². The Balaban J connectivity index is 2.23. The lowest BCUT2D eigenvalue weighted by Crippen LogP contribution is -2.29. The molecule has 22 heavy (non-hydrogen) atoms. The molecule has 0 atom stereocenters. The van der Waals surface area contributed by atoms with Gasteiger partial charge in [0.2, 0.25) is 0 Å². The topological polar surface area (TPSA) is 37.4 Å². The number of hydrogen-bond donors (Lipinski definition) is 0. The lowest BCUT2D eigenvalue weighted by atomic mass is 10.1. The molecule has 1 aliphatic rings. The van der Waals surface area contributed by atoms with Crippen LogP contribution in [0.25, 0.3) is 0 Å². The van der Waals surface area contributed by atoms with E-state index in [0.717, 1.165) is 4.47 Å². The Morgan fingerprint density at radius 3 is 1.45 bits per heavy atom. The number of rotatable bonds is 1. The zero-order valence-corrected chi connectivity index (χ0v) is 18.4. The van der Waals surface area contributed by atoms with Crippen LogP contribution in [0.1, 0.15) is 20.7 Å². The maximum atomic E-state index is 12.7. The molecule has 2 aromatic carbocycles. The molecule has 0 fully saturated rings. The van der Waals surface area contributed by atoms with Crippen molar-refractivity contribution in [1.29, 1.82) is 0 Å². The Hall–Kier alpha value is -0.0200. The number of nitrogens with zero attached hydrogens (tertiary/aromatic N) is 1. The first-order chi connectivity index (χ1) is 10.3. The molecule has 0 saturated heterocycles. The van der Waals surface area contributed by atoms with Crippen LogP contribution in [0.4, 0.5) is 5.69 Å². The molecule has 8 heteroatoms. The largest absolute Gasteiger partial charge is 0.268 e. The monoisotopic (exact) mass is 613 g/mol. The highest BCUT2D eigenvalue weighted by Crippen LogP contribution is 2.46. The number of imide groups is 1. The molecule has 0 N–H and O–H groups in total. The molecule has 0 aliphatic carbocycles. The first kappa shape index (κ1) is 16.8. The molecular weight excluding hydrogens is 614 g/mol. The van der Waals surface area contributed by atoms with Crippen molar-refractivity contribution in [3.05, 3.63) is 57.8 Å². The molecule has 0 bridgehead atoms. The number of halogens is 5. The van der Waals surface area contributed by atoms with Crippen LogP contribution in [0.15, 0.2) is 46.6 Å². The summed E-state index contributed by atoms with van der Waals surface area (Å²) in [6, 6.07) is 7.01. The second kappa shape index (κ2) is 6.12. The van der Waals surface area contributed by atoms with Gasteiger partial charge in [0.15, 0.2) is 0 Å². The van der Waals surface area contributed by atoms with E-state index in [1.54, 1.807) is 24.3 Å². The third kappa shape index (κ3) is 2.47. The van der Waals surface area contributed by atoms with Crippen molar-refractivity contribution in [3.8, 4) is 0 Å². The summed E-state index contributed by atoms with van der Waals surface area (Å²) >= 11 is 16.9. The van der Waals surface area contributed by atoms with Gasteiger partial charge >= 0.3 is 0 Å². The summed E-state index contributed by atoms with van der Waals surface area (Å²) in [4.78, 5) is 26.6. The van der Waals surface area contributed by atoms with Crippen molar-refractivity contribution in [1.82, 2.24) is 0 Å². The van der Waals surface area contributed by atoms with Crippen LogP contribution in [0.3, 0.4) is 0 Å². The normalized spacial score (nSPS) is 13.8. The predicted molar refractivity (Wildman–Crippen MR) is 103 cm³/mol. The van der Waals surface area contributed by atoms with Gasteiger partial charge in [-0.1, -0.05) is 15.9 Å². The molecule has 3 nitrogen and oxygen atoms in total. The number of hydrogen-bond acceptors (Lipinski definition) is 2. The average Bonchev–Trinajstić information content (AvgIpc) is 2.75. The van der Waals surface area contributed by atoms with Crippen LogP contribution in [0.2, 0.25) is 0 Å². The lowest BCUT2D eigenvalue weighted by molar-refractivity contribution is 0.0926. The second-order valence-corrected chi connectivity index (χ2v) is 8.52. The van der Waals surface area contributed by atoms with E-state index in [4.69, 9.17) is 0 Å². The number of benzene rings is 2. The van der Waals surface area contributed by atoms with Gasteiger partial charge in [0.25, 0.3) is 11.8 Å². The van der Waals surface area contributed by atoms with Crippen LogP contribution in [-0.2, 0) is 0 Å². The number of anilines is 1. The maximum absolute atomic E-state index is 12.7. The van der Waals surface area contributed by atoms with Crippen molar-refractivity contribution in [2.45, 2.75) is 0 Å². The van der Waals surface area contributed by atoms with Crippen molar-refractivity contribution in [3.63, 3.8) is 0 Å². The zero-order chi connectivity index (χ0) is 16.2. The summed E-state index contributed by atoms with van der Waals surface area (Å²) in [6.07, 6.45) is 0. The van der Waals surface area contributed by atoms with Crippen LogP contribution >= 0.6 is 79.6 Å². The van der Waals surface area contributed by atoms with Crippen molar-refractivity contribution < 1.29 is 9.59 Å². The molecule has 3 rings (SSSR count). The molecule has 1 heterocycles. The Bertz CT molecular complexity index is 785. The average molecular weight is 618 g/mol. The number of fused-ring (bicyclic) bond motifs is 1. The van der Waals surface area contributed by atoms with Crippen molar-refractivity contribution in [2.24, 2.45) is 0 Å². The molecule has 0 spiro atoms. The van der Waals surface area contributed by atoms with Crippen molar-refractivity contribution >= 4 is 97.2 Å². The fourth-order valence-electron chi connectivity index (χ4n) is 2.17. The molecule has 0 unspecified atom stereocenters. The smallest absolute Gasteiger partial charge is 0.267 e. The van der Waals surface area contributed by atoms with E-state index in [1.807, 2.05) is 0 Å². The van der Waals surface area contributed by atoms with Gasteiger partial charge in [-0.3, -0.25) is 9.59 Å². The first-order valence-electron chi connectivity index (χ1n) is 5.85. The summed E-state index contributed by atoms with van der Waals surface area (Å²) < 4.78 is 3.33. The minimum atomic E-state index is -0.358. The molecular formula is C14H4Br5NO2. The first-order valence-corrected chi connectivity index (χ1v) is 9.81. The second-order valence-electron chi connectivity index (χ2n) is 4.43. The summed E-state index contributed by atoms with van der Waals surface area (Å²) in [7, 11) is 0. The van der Waals surface area contributed by atoms with Gasteiger partial charge in [0.05, 0.1) is 16.8 Å². The third-order valence-electron chi connectivity index (χ3n) is 3.19. The van der Waals surface area contributed by atoms with Gasteiger partial charge < -0.3 is 0 Å².